The van der Waals surface area contributed by atoms with E-state index in [1.165, 1.54) is 38.7 Å². The molecule has 1 aromatic carbocycles. The number of benzene rings is 1. The van der Waals surface area contributed by atoms with E-state index in [-0.39, 0.29) is 35.4 Å². The predicted octanol–water partition coefficient (Wildman–Crippen LogP) is 0.449. The van der Waals surface area contributed by atoms with Gasteiger partial charge in [0.1, 0.15) is 22.3 Å². The number of aliphatic imine (C=N–C) groups is 1. The summed E-state index contributed by atoms with van der Waals surface area (Å²) in [4.78, 5) is 24.8. The average Bonchev–Trinajstić information content (AvgIpc) is 3.11. The summed E-state index contributed by atoms with van der Waals surface area (Å²) in [5, 5.41) is 1.41. The van der Waals surface area contributed by atoms with E-state index >= 15 is 4.39 Å². The molecule has 0 saturated carbocycles. The highest BCUT2D eigenvalue weighted by Gasteiger charge is 2.61. The van der Waals surface area contributed by atoms with Crippen LogP contribution in [0.2, 0.25) is 0 Å². The summed E-state index contributed by atoms with van der Waals surface area (Å²) >= 11 is 0. The summed E-state index contributed by atoms with van der Waals surface area (Å²) < 4.78 is 52.5. The Balaban J connectivity index is 1.74. The van der Waals surface area contributed by atoms with Crippen LogP contribution in [-0.4, -0.2) is 66.7 Å². The monoisotopic (exact) mass is 464 g/mol. The topological polar surface area (TPSA) is 149 Å². The van der Waals surface area contributed by atoms with Crippen molar-refractivity contribution in [3.8, 4) is 5.88 Å². The fourth-order valence-corrected chi connectivity index (χ4v) is 5.88. The van der Waals surface area contributed by atoms with Crippen LogP contribution in [0.4, 0.5) is 10.1 Å². The molecule has 0 spiro atoms. The van der Waals surface area contributed by atoms with E-state index in [0.717, 1.165) is 10.4 Å². The number of nitrogens with zero attached hydrogens (tertiary/aromatic N) is 4. The quantitative estimate of drug-likeness (QED) is 0.662. The minimum Gasteiger partial charge on any atom is -0.480 e. The number of sulfonamides is 1. The largest absolute Gasteiger partial charge is 0.480 e. The Morgan fingerprint density at radius 2 is 2.12 bits per heavy atom. The highest BCUT2D eigenvalue weighted by atomic mass is 32.2. The van der Waals surface area contributed by atoms with Crippen LogP contribution < -0.4 is 15.8 Å². The Morgan fingerprint density at radius 3 is 2.78 bits per heavy atom. The zero-order valence-corrected chi connectivity index (χ0v) is 18.3. The third-order valence-corrected chi connectivity index (χ3v) is 7.93. The van der Waals surface area contributed by atoms with E-state index in [9.17, 15) is 13.2 Å². The molecule has 13 heteroatoms. The lowest BCUT2D eigenvalue weighted by Gasteiger charge is -2.39. The number of hydrogen-bond donors (Lipinski definition) is 2. The number of amides is 1. The van der Waals surface area contributed by atoms with E-state index in [1.807, 2.05) is 0 Å². The average molecular weight is 464 g/mol. The van der Waals surface area contributed by atoms with Crippen LogP contribution in [0, 0.1) is 5.82 Å². The first kappa shape index (κ1) is 21.9. The molecular formula is C19H21FN6O5S. The van der Waals surface area contributed by atoms with Crippen LogP contribution in [0.5, 0.6) is 5.88 Å². The van der Waals surface area contributed by atoms with Gasteiger partial charge in [-0.3, -0.25) is 4.79 Å². The fourth-order valence-electron chi connectivity index (χ4n) is 3.94. The lowest BCUT2D eigenvalue weighted by Crippen LogP contribution is -2.58. The van der Waals surface area contributed by atoms with Crippen molar-refractivity contribution in [2.75, 3.05) is 26.1 Å². The number of rotatable bonds is 4. The summed E-state index contributed by atoms with van der Waals surface area (Å²) in [6, 6.07) is 3.79. The maximum absolute atomic E-state index is 15.0. The molecule has 0 bridgehead atoms. The van der Waals surface area contributed by atoms with Crippen LogP contribution in [0.1, 0.15) is 23.0 Å². The van der Waals surface area contributed by atoms with Gasteiger partial charge in [-0.25, -0.2) is 32.1 Å². The summed E-state index contributed by atoms with van der Waals surface area (Å²) in [5.74, 6) is -1.33. The molecule has 170 valence electrons. The number of anilines is 1. The third-order valence-electron chi connectivity index (χ3n) is 5.56. The van der Waals surface area contributed by atoms with Crippen molar-refractivity contribution < 1.29 is 27.1 Å². The van der Waals surface area contributed by atoms with Gasteiger partial charge in [0, 0.05) is 18.3 Å². The zero-order valence-electron chi connectivity index (χ0n) is 17.4. The second kappa shape index (κ2) is 7.67. The number of fused-ring (bicyclic) bond motifs is 1. The van der Waals surface area contributed by atoms with E-state index in [4.69, 9.17) is 15.2 Å². The van der Waals surface area contributed by atoms with Crippen LogP contribution in [-0.2, 0) is 20.3 Å². The Morgan fingerprint density at radius 1 is 1.38 bits per heavy atom. The Labute approximate surface area is 183 Å². The van der Waals surface area contributed by atoms with Gasteiger partial charge in [0.25, 0.3) is 5.91 Å². The molecule has 0 radical (unpaired) electrons. The second-order valence-corrected chi connectivity index (χ2v) is 9.52. The van der Waals surface area contributed by atoms with Gasteiger partial charge in [0.2, 0.25) is 21.9 Å². The molecule has 2 aliphatic rings. The first-order valence-corrected chi connectivity index (χ1v) is 11.0. The van der Waals surface area contributed by atoms with Crippen LogP contribution in [0.3, 0.4) is 0 Å². The first-order valence-electron chi connectivity index (χ1n) is 9.52. The smallest absolute Gasteiger partial charge is 0.275 e. The molecule has 2 aromatic rings. The van der Waals surface area contributed by atoms with E-state index in [0.29, 0.717) is 0 Å². The van der Waals surface area contributed by atoms with Gasteiger partial charge in [-0.15, -0.1) is 0 Å². The van der Waals surface area contributed by atoms with Gasteiger partial charge in [-0.1, -0.05) is 0 Å². The molecule has 2 aliphatic heterocycles. The SMILES string of the molecule is COc1cnc(C(=O)Nc2ccc(F)c(C34COC(C)C3S(=O)(=O)N(C)C(N)=N4)c2)cn1. The highest BCUT2D eigenvalue weighted by molar-refractivity contribution is 7.90. The molecular weight excluding hydrogens is 443 g/mol. The number of nitrogens with one attached hydrogen (secondary N) is 1. The molecule has 3 atom stereocenters. The molecule has 1 aromatic heterocycles. The Bertz CT molecular complexity index is 1210. The minimum absolute atomic E-state index is 0.00895. The lowest BCUT2D eigenvalue weighted by molar-refractivity contribution is 0.102. The normalized spacial score (nSPS) is 26.2. The molecule has 1 fully saturated rings. The summed E-state index contributed by atoms with van der Waals surface area (Å²) in [7, 11) is -1.27. The zero-order chi connectivity index (χ0) is 23.3. The van der Waals surface area contributed by atoms with Gasteiger partial charge < -0.3 is 20.5 Å². The maximum atomic E-state index is 15.0. The van der Waals surface area contributed by atoms with E-state index in [2.05, 4.69) is 20.3 Å². The molecule has 1 saturated heterocycles. The number of ether oxygens (including phenoxy) is 2. The number of hydrogen-bond acceptors (Lipinski definition) is 9. The summed E-state index contributed by atoms with van der Waals surface area (Å²) in [6.07, 6.45) is 1.76. The van der Waals surface area contributed by atoms with Gasteiger partial charge in [0.15, 0.2) is 0 Å². The van der Waals surface area contributed by atoms with Crippen LogP contribution >= 0.6 is 0 Å². The number of nitrogens with two attached hydrogens (primary N) is 1. The number of methoxy groups -OCH3 is 1. The van der Waals surface area contributed by atoms with Crippen LogP contribution in [0.25, 0.3) is 0 Å². The molecule has 3 heterocycles. The van der Waals surface area contributed by atoms with Crippen molar-refractivity contribution in [3.63, 3.8) is 0 Å². The van der Waals surface area contributed by atoms with Crippen molar-refractivity contribution in [3.05, 3.63) is 47.7 Å². The molecule has 0 aliphatic carbocycles. The number of carbonyl (C=O) groups excluding carboxylic acids is 1. The molecule has 4 rings (SSSR count). The molecule has 3 unspecified atom stereocenters. The van der Waals surface area contributed by atoms with Crippen molar-refractivity contribution in [1.82, 2.24) is 14.3 Å². The number of halogens is 1. The second-order valence-electron chi connectivity index (χ2n) is 7.44. The minimum atomic E-state index is -3.98. The molecule has 32 heavy (non-hydrogen) atoms. The number of aromatic nitrogens is 2. The molecule has 3 N–H and O–H groups in total. The van der Waals surface area contributed by atoms with Gasteiger partial charge in [-0.2, -0.15) is 0 Å². The van der Waals surface area contributed by atoms with E-state index < -0.39 is 38.6 Å². The summed E-state index contributed by atoms with van der Waals surface area (Å²) in [6.45, 7) is 1.39. The highest BCUT2D eigenvalue weighted by Crippen LogP contribution is 2.46. The van der Waals surface area contributed by atoms with Crippen LogP contribution in [0.15, 0.2) is 35.6 Å². The van der Waals surface area contributed by atoms with Gasteiger partial charge in [0.05, 0.1) is 32.2 Å². The lowest BCUT2D eigenvalue weighted by atomic mass is 9.86. The fraction of sp³-hybridized carbons (Fsp3) is 0.368. The third kappa shape index (κ3) is 3.33. The number of guanidine groups is 1. The van der Waals surface area contributed by atoms with E-state index in [1.54, 1.807) is 6.92 Å². The molecule has 1 amide bonds. The van der Waals surface area contributed by atoms with Gasteiger partial charge >= 0.3 is 0 Å². The van der Waals surface area contributed by atoms with Gasteiger partial charge in [-0.05, 0) is 25.1 Å². The maximum Gasteiger partial charge on any atom is 0.275 e. The Hall–Kier alpha value is -3.32. The van der Waals surface area contributed by atoms with Crippen molar-refractivity contribution in [2.24, 2.45) is 10.7 Å². The van der Waals surface area contributed by atoms with Crippen molar-refractivity contribution >= 4 is 27.6 Å². The standard InChI is InChI=1S/C19H21FN6O5S/c1-10-16-19(9-31-10,25-18(21)26(2)32(16,28)29)12-6-11(4-5-13(12)20)24-17(27)14-7-23-15(30-3)8-22-14/h4-8,10,16H,9H2,1-3H3,(H2,21,25)(H,24,27). The summed E-state index contributed by atoms with van der Waals surface area (Å²) in [5.41, 5.74) is 4.44. The Kier molecular flexibility index (Phi) is 5.25. The molecule has 11 nitrogen and oxygen atoms in total. The number of carbonyl (C=O) groups is 1. The predicted molar refractivity (Wildman–Crippen MR) is 112 cm³/mol. The van der Waals surface area contributed by atoms with Crippen molar-refractivity contribution in [2.45, 2.75) is 23.8 Å². The van der Waals surface area contributed by atoms with Crippen molar-refractivity contribution in [1.29, 1.82) is 0 Å². The first-order chi connectivity index (χ1) is 15.1.